The van der Waals surface area contributed by atoms with E-state index in [1.807, 2.05) is 78.8 Å². The molecule has 12 aliphatic heterocycles. The lowest BCUT2D eigenvalue weighted by Gasteiger charge is -2.48. The summed E-state index contributed by atoms with van der Waals surface area (Å²) < 4.78 is 143. The third-order valence-corrected chi connectivity index (χ3v) is 31.1. The van der Waals surface area contributed by atoms with E-state index in [1.54, 1.807) is 60.5 Å². The van der Waals surface area contributed by atoms with Crippen molar-refractivity contribution in [2.45, 2.75) is 401 Å². The van der Waals surface area contributed by atoms with Gasteiger partial charge in [-0.05, 0) is 139 Å². The molecule has 6 N–H and O–H groups in total. The van der Waals surface area contributed by atoms with Gasteiger partial charge in [0.2, 0.25) is 0 Å². The van der Waals surface area contributed by atoms with Crippen molar-refractivity contribution in [3.8, 4) is 0 Å². The summed E-state index contributed by atoms with van der Waals surface area (Å²) in [6, 6.07) is -1.22. The molecule has 2 spiro atoms. The topological polar surface area (TPSA) is 376 Å². The Morgan fingerprint density at radius 3 is 1.40 bits per heavy atom. The van der Waals surface area contributed by atoms with Crippen LogP contribution in [-0.2, 0) is 114 Å². The fraction of sp³-hybridized carbons (Fsp3) is 0.784. The van der Waals surface area contributed by atoms with Crippen LogP contribution in [0.1, 0.15) is 207 Å². The lowest BCUT2D eigenvalue weighted by atomic mass is 9.67. The Balaban J connectivity index is 0.532. The molecule has 8 saturated heterocycles. The average Bonchev–Trinajstić information content (AvgIpc) is 1.55. The largest absolute Gasteiger partial charge is 0.462 e. The number of allylic oxidation sites excluding steroid dienone is 3. The maximum Gasteiger partial charge on any atom is 0.407 e. The monoisotopic (exact) mass is 1890 g/mol. The standard InChI is InChI=1S/C102H154N2O30/c1-21-53(3)89-59(9)35-37-99(133-89)49-71-43-69(131-99)33-31-57(7)87(55(5)27-25-29-67-51-119-93-85(105)61(11)41-73(95(107)125-71)101(67,93)111)127-81-47-77(115-19)91(65(15)123-81)129-79-45-75(113-17)83(63(13)121-79)103-97(109)117-39-23-24-40-118-98(110)104-84-64(14)122-80(46-76(84)114-18)130-92-66(16)124-82(48-78(92)116-20)128-88-56(6)28-26-30-68-52-120-94-86(106)62(12)42-74(102(68,94)112)96(108)126-72-44-70(34-32-58(88)8)132-100(50-72)38-36-60(10)90(134-100)54(4)22-2/h25-29,31-32,35-38,41-42,53-56,59-60,63-66,68-94,105-106,111-112H,21-24,30,33-34,39-40,43-52H2,1-20H3,(H,103,109)(H,104,110)/b27-25+,28-26+,57-31+,58-32+,67-29+/t53-,54-,55-,56-,59-,60-,63-,64-,65-,66-,68?,69+,70+,71-,72-,73-,74?,75-,76-,77-,78-,79-,80-,81-,82-,83+,84+,85+,86+,87-,88-,89+,90+,91-,92-,93+,94?,99+,100+,101+,102?/m0/s1. The van der Waals surface area contributed by atoms with Crippen molar-refractivity contribution in [3.05, 3.63) is 107 Å². The first kappa shape index (κ1) is 104. The van der Waals surface area contributed by atoms with Gasteiger partial charge in [-0.1, -0.05) is 135 Å². The molecule has 0 radical (unpaired) electrons. The van der Waals surface area contributed by atoms with Crippen molar-refractivity contribution in [2.75, 3.05) is 54.9 Å². The van der Waals surface area contributed by atoms with Crippen molar-refractivity contribution >= 4 is 24.1 Å². The van der Waals surface area contributed by atoms with E-state index in [4.69, 9.17) is 104 Å². The van der Waals surface area contributed by atoms with Crippen molar-refractivity contribution in [1.82, 2.24) is 10.6 Å². The summed E-state index contributed by atoms with van der Waals surface area (Å²) in [4.78, 5) is 56.2. The van der Waals surface area contributed by atoms with Crippen molar-refractivity contribution in [2.24, 2.45) is 53.3 Å². The van der Waals surface area contributed by atoms with E-state index in [2.05, 4.69) is 89.5 Å². The number of esters is 2. The van der Waals surface area contributed by atoms with Gasteiger partial charge in [0.05, 0.1) is 124 Å². The first-order valence-electron chi connectivity index (χ1n) is 49.5. The Hall–Kier alpha value is -5.74. The number of ether oxygens (including phenoxy) is 22. The highest BCUT2D eigenvalue weighted by Crippen LogP contribution is 2.52. The molecule has 134 heavy (non-hydrogen) atoms. The number of aliphatic hydroxyl groups excluding tert-OH is 2. The zero-order chi connectivity index (χ0) is 96.2. The van der Waals surface area contributed by atoms with E-state index in [9.17, 15) is 39.6 Å². The number of hydrogen-bond acceptors (Lipinski definition) is 30. The Morgan fingerprint density at radius 2 is 0.933 bits per heavy atom. The lowest BCUT2D eigenvalue weighted by molar-refractivity contribution is -0.311. The molecule has 12 heterocycles. The number of carbonyl (C=O) groups is 4. The van der Waals surface area contributed by atoms with Gasteiger partial charge in [0.25, 0.3) is 0 Å². The number of methoxy groups -OCH3 is 4. The zero-order valence-electron chi connectivity index (χ0n) is 82.2. The maximum absolute atomic E-state index is 14.6. The highest BCUT2D eigenvalue weighted by atomic mass is 16.8. The fourth-order valence-electron chi connectivity index (χ4n) is 22.8. The number of amides is 2. The van der Waals surface area contributed by atoms with Crippen LogP contribution in [0.25, 0.3) is 0 Å². The number of carbonyl (C=O) groups excluding carboxylic acids is 4. The molecule has 14 aliphatic rings. The maximum atomic E-state index is 14.6. The van der Waals surface area contributed by atoms with Crippen molar-refractivity contribution < 1.29 is 144 Å². The Morgan fingerprint density at radius 1 is 0.500 bits per heavy atom. The van der Waals surface area contributed by atoms with Gasteiger partial charge in [-0.2, -0.15) is 0 Å². The molecule has 4 bridgehead atoms. The molecule has 0 aromatic carbocycles. The third-order valence-electron chi connectivity index (χ3n) is 31.1. The second kappa shape index (κ2) is 45.0. The molecule has 32 nitrogen and oxygen atoms in total. The number of fused-ring (bicyclic) bond motifs is 4. The van der Waals surface area contributed by atoms with Gasteiger partial charge in [0, 0.05) is 109 Å². The highest BCUT2D eigenvalue weighted by Gasteiger charge is 2.64. The van der Waals surface area contributed by atoms with Crippen LogP contribution in [0, 0.1) is 53.3 Å². The number of alkyl carbamates (subject to hydrolysis) is 2. The third kappa shape index (κ3) is 23.0. The summed E-state index contributed by atoms with van der Waals surface area (Å²) in [5, 5.41) is 54.2. The summed E-state index contributed by atoms with van der Waals surface area (Å²) >= 11 is 0. The minimum atomic E-state index is -1.90. The van der Waals surface area contributed by atoms with Gasteiger partial charge in [-0.15, -0.1) is 0 Å². The molecular formula is C102H154N2O30. The van der Waals surface area contributed by atoms with E-state index < -0.39 is 224 Å². The molecule has 4 unspecified atom stereocenters. The molecule has 8 fully saturated rings. The van der Waals surface area contributed by atoms with Gasteiger partial charge in [0.1, 0.15) is 71.9 Å². The predicted octanol–water partition coefficient (Wildman–Crippen LogP) is 12.1. The van der Waals surface area contributed by atoms with Crippen molar-refractivity contribution in [3.63, 3.8) is 0 Å². The normalized spacial score (nSPS) is 46.5. The zero-order valence-corrected chi connectivity index (χ0v) is 82.2. The smallest absolute Gasteiger partial charge is 0.407 e. The SMILES string of the molecule is CC[C@H](C)[C@H]1O[C@]2(C=C[C@@H]1C)C[C@@H]1C[C@@H](C/C=C(\C)[C@@H](O[C@H]3C[C@H](OC)[C@@H](O[C@H]4C[C@H](OC)[C@H](NC(=O)OCCCCOC(=O)N[C@@H]5[C@H](C)O[C@@H](O[C@H]6[C@H](C)O[C@@H](O[C@@H]7/C(C)=C/C[C@@H]8C[C@@H](C[C@]9(C=C[C@H](C)[C@@H]([C@@H](C)CC)O9)O8)OC(=O)[C@@H]8C=C(C)[C@@H](O)[C@H]9OC/C(=C\C=C\[C@@H]7C)[C@]98O)C[C@@H]6OC)C[C@@H]5OC)[C@H](C)O4)[C@H](C)O3)[C@@H](C)/C=C/CC3COC4[C@H](O)C(C)=CC(C(=O)O1)C34O)O2. The molecule has 0 aromatic rings. The van der Waals surface area contributed by atoms with Crippen LogP contribution >= 0.6 is 0 Å². The number of unbranched alkanes of at least 4 members (excludes halogenated alkanes) is 1. The predicted molar refractivity (Wildman–Crippen MR) is 488 cm³/mol. The second-order valence-electron chi connectivity index (χ2n) is 40.6. The molecule has 0 aromatic heterocycles. The van der Waals surface area contributed by atoms with Crippen LogP contribution in [-0.4, -0.2) is 294 Å². The summed E-state index contributed by atoms with van der Waals surface area (Å²) in [5.74, 6) is -6.14. The lowest BCUT2D eigenvalue weighted by Crippen LogP contribution is -2.60. The molecule has 32 heteroatoms. The highest BCUT2D eigenvalue weighted by molar-refractivity contribution is 5.79. The summed E-state index contributed by atoms with van der Waals surface area (Å²) in [6.07, 6.45) is 13.7. The van der Waals surface area contributed by atoms with Gasteiger partial charge in [-0.25, -0.2) is 9.59 Å². The first-order chi connectivity index (χ1) is 63.9. The van der Waals surface area contributed by atoms with Crippen LogP contribution in [0.4, 0.5) is 9.59 Å². The quantitative estimate of drug-likeness (QED) is 0.0239. The Labute approximate surface area is 791 Å². The van der Waals surface area contributed by atoms with Crippen LogP contribution in [0.15, 0.2) is 107 Å². The van der Waals surface area contributed by atoms with Crippen LogP contribution in [0.5, 0.6) is 0 Å². The minimum Gasteiger partial charge on any atom is -0.462 e. The van der Waals surface area contributed by atoms with Crippen LogP contribution in [0.2, 0.25) is 0 Å². The molecule has 2 amide bonds. The van der Waals surface area contributed by atoms with Gasteiger partial charge >= 0.3 is 24.1 Å². The molecule has 0 saturated carbocycles. The van der Waals surface area contributed by atoms with Gasteiger partial charge in [-0.3, -0.25) is 9.59 Å². The van der Waals surface area contributed by atoms with Crippen molar-refractivity contribution in [1.29, 1.82) is 0 Å². The Kier molecular flexibility index (Phi) is 35.0. The van der Waals surface area contributed by atoms with Gasteiger partial charge in [0.15, 0.2) is 36.7 Å². The average molecular weight is 1890 g/mol. The minimum absolute atomic E-state index is 0.0137. The van der Waals surface area contributed by atoms with Crippen LogP contribution < -0.4 is 10.6 Å². The van der Waals surface area contributed by atoms with E-state index in [-0.39, 0.29) is 99.8 Å². The number of hydrogen-bond donors (Lipinski definition) is 6. The van der Waals surface area contributed by atoms with Gasteiger partial charge < -0.3 is 135 Å². The van der Waals surface area contributed by atoms with E-state index in [1.165, 1.54) is 0 Å². The molecule has 2 aliphatic carbocycles. The van der Waals surface area contributed by atoms with E-state index in [0.717, 1.165) is 24.0 Å². The number of aliphatic hydroxyl groups is 4. The second-order valence-corrected chi connectivity index (χ2v) is 40.6. The van der Waals surface area contributed by atoms with E-state index in [0.29, 0.717) is 74.5 Å². The first-order valence-corrected chi connectivity index (χ1v) is 49.5. The molecule has 752 valence electrons. The fourth-order valence-corrected chi connectivity index (χ4v) is 22.8. The van der Waals surface area contributed by atoms with Crippen LogP contribution in [0.3, 0.4) is 0 Å². The summed E-state index contributed by atoms with van der Waals surface area (Å²) in [6.45, 7) is 32.2. The summed E-state index contributed by atoms with van der Waals surface area (Å²) in [7, 11) is 6.39. The molecule has 41 atom stereocenters. The van der Waals surface area contributed by atoms with E-state index >= 15 is 0 Å². The molecule has 14 rings (SSSR count). The number of nitrogens with one attached hydrogen (secondary N) is 2. The molecular weight excluding hydrogens is 1730 g/mol. The number of rotatable bonds is 23. The summed E-state index contributed by atoms with van der Waals surface area (Å²) in [5.41, 5.74) is -0.336. The Bertz CT molecular complexity index is 4260.